The number of aromatic hydroxyl groups is 1. The normalized spacial score (nSPS) is 17.1. The molecular formula is C30H28N2O5S. The molecule has 1 fully saturated rings. The van der Waals surface area contributed by atoms with Gasteiger partial charge in [-0.15, -0.1) is 0 Å². The van der Waals surface area contributed by atoms with E-state index >= 15 is 0 Å². The summed E-state index contributed by atoms with van der Waals surface area (Å²) in [6, 6.07) is 16.5. The number of aliphatic hydroxyl groups is 1. The highest BCUT2D eigenvalue weighted by Gasteiger charge is 2.48. The Kier molecular flexibility index (Phi) is 6.67. The predicted molar refractivity (Wildman–Crippen MR) is 149 cm³/mol. The average molecular weight is 529 g/mol. The van der Waals surface area contributed by atoms with E-state index in [4.69, 9.17) is 4.74 Å². The van der Waals surface area contributed by atoms with Crippen molar-refractivity contribution in [3.8, 4) is 11.5 Å². The summed E-state index contributed by atoms with van der Waals surface area (Å²) in [6.45, 7) is 6.08. The third kappa shape index (κ3) is 4.31. The van der Waals surface area contributed by atoms with Gasteiger partial charge in [-0.05, 0) is 71.5 Å². The number of fused-ring (bicyclic) bond motifs is 1. The first-order valence-corrected chi connectivity index (χ1v) is 13.2. The monoisotopic (exact) mass is 528 g/mol. The number of ketones is 1. The molecule has 2 heterocycles. The Labute approximate surface area is 224 Å². The molecule has 1 aliphatic heterocycles. The number of aryl methyl sites for hydroxylation is 1. The van der Waals surface area contributed by atoms with Gasteiger partial charge in [-0.3, -0.25) is 14.5 Å². The van der Waals surface area contributed by atoms with Gasteiger partial charge in [-0.1, -0.05) is 50.3 Å². The first kappa shape index (κ1) is 25.5. The summed E-state index contributed by atoms with van der Waals surface area (Å²) < 4.78 is 6.37. The number of phenols is 1. The lowest BCUT2D eigenvalue weighted by atomic mass is 9.93. The number of carbonyl (C=O) groups excluding carboxylic acids is 2. The van der Waals surface area contributed by atoms with Crippen LogP contribution in [0.5, 0.6) is 11.5 Å². The first-order valence-electron chi connectivity index (χ1n) is 12.4. The summed E-state index contributed by atoms with van der Waals surface area (Å²) in [7, 11) is 1.58. The Balaban J connectivity index is 1.71. The number of Topliss-reactive ketones (excluding diaryl/α,β-unsaturated/α-hetero) is 1. The highest BCUT2D eigenvalue weighted by atomic mass is 32.1. The molecule has 4 aromatic rings. The molecule has 1 aliphatic rings. The van der Waals surface area contributed by atoms with Crippen LogP contribution in [0.4, 0.5) is 5.13 Å². The number of nitrogens with zero attached hydrogens (tertiary/aromatic N) is 2. The Morgan fingerprint density at radius 2 is 1.82 bits per heavy atom. The smallest absolute Gasteiger partial charge is 0.301 e. The van der Waals surface area contributed by atoms with Gasteiger partial charge in [0.25, 0.3) is 5.78 Å². The Bertz CT molecular complexity index is 1590. The zero-order chi connectivity index (χ0) is 27.1. The average Bonchev–Trinajstić information content (AvgIpc) is 3.45. The fourth-order valence-corrected chi connectivity index (χ4v) is 5.83. The minimum atomic E-state index is -0.925. The van der Waals surface area contributed by atoms with Crippen LogP contribution in [0.1, 0.15) is 55.0 Å². The molecule has 38 heavy (non-hydrogen) atoms. The van der Waals surface area contributed by atoms with E-state index in [2.05, 4.69) is 11.9 Å². The van der Waals surface area contributed by atoms with Crippen molar-refractivity contribution >= 4 is 44.1 Å². The third-order valence-electron chi connectivity index (χ3n) is 6.83. The lowest BCUT2D eigenvalue weighted by Crippen LogP contribution is -2.29. The Hall–Kier alpha value is -4.17. The van der Waals surface area contributed by atoms with E-state index in [-0.39, 0.29) is 23.0 Å². The van der Waals surface area contributed by atoms with E-state index in [1.807, 2.05) is 32.0 Å². The maximum absolute atomic E-state index is 13.5. The van der Waals surface area contributed by atoms with Crippen molar-refractivity contribution in [3.05, 3.63) is 88.5 Å². The van der Waals surface area contributed by atoms with Gasteiger partial charge in [0, 0.05) is 5.56 Å². The number of ether oxygens (including phenoxy) is 1. The van der Waals surface area contributed by atoms with Gasteiger partial charge >= 0.3 is 5.91 Å². The predicted octanol–water partition coefficient (Wildman–Crippen LogP) is 6.32. The minimum Gasteiger partial charge on any atom is -0.508 e. The van der Waals surface area contributed by atoms with Crippen LogP contribution in [-0.4, -0.2) is 34.0 Å². The molecule has 0 aliphatic carbocycles. The number of amides is 1. The van der Waals surface area contributed by atoms with Crippen molar-refractivity contribution in [1.82, 2.24) is 4.98 Å². The van der Waals surface area contributed by atoms with Gasteiger partial charge < -0.3 is 14.9 Å². The molecule has 0 spiro atoms. The molecule has 194 valence electrons. The zero-order valence-electron chi connectivity index (χ0n) is 21.6. The van der Waals surface area contributed by atoms with Crippen molar-refractivity contribution in [2.45, 2.75) is 39.2 Å². The Morgan fingerprint density at radius 3 is 2.47 bits per heavy atom. The van der Waals surface area contributed by atoms with Crippen molar-refractivity contribution < 1.29 is 24.5 Å². The van der Waals surface area contributed by atoms with Gasteiger partial charge in [0.05, 0.1) is 28.9 Å². The fraction of sp³-hybridized carbons (Fsp3) is 0.233. The van der Waals surface area contributed by atoms with Crippen molar-refractivity contribution in [3.63, 3.8) is 0 Å². The molecule has 0 bridgehead atoms. The lowest BCUT2D eigenvalue weighted by Gasteiger charge is -2.23. The molecule has 1 unspecified atom stereocenters. The molecule has 8 heteroatoms. The maximum atomic E-state index is 13.5. The SMILES string of the molecule is CCc1ccc2nc(N3C(=O)C(=O)/C(=C(/O)c4ccc(OC)c(C(C)C)c4)C3c3ccc(O)cc3)sc2c1. The standard InChI is InChI=1S/C30H28N2O5S/c1-5-17-6-12-22-24(14-17)38-30(31-22)32-26(18-7-10-20(33)11-8-18)25(28(35)29(32)36)27(34)19-9-13-23(37-4)21(15-19)16(2)3/h6-16,26,33-34H,5H2,1-4H3/b27-25+. The van der Waals surface area contributed by atoms with Gasteiger partial charge in [0.15, 0.2) is 5.13 Å². The number of thiazole rings is 1. The van der Waals surface area contributed by atoms with Crippen LogP contribution in [0.25, 0.3) is 16.0 Å². The fourth-order valence-electron chi connectivity index (χ4n) is 4.77. The third-order valence-corrected chi connectivity index (χ3v) is 7.85. The number of benzene rings is 3. The van der Waals surface area contributed by atoms with Crippen LogP contribution in [0.3, 0.4) is 0 Å². The minimum absolute atomic E-state index is 0.0333. The van der Waals surface area contributed by atoms with Crippen LogP contribution >= 0.6 is 11.3 Å². The van der Waals surface area contributed by atoms with Gasteiger partial charge in [-0.2, -0.15) is 0 Å². The number of hydrogen-bond acceptors (Lipinski definition) is 7. The molecular weight excluding hydrogens is 500 g/mol. The second kappa shape index (κ2) is 9.95. The van der Waals surface area contributed by atoms with Crippen LogP contribution in [-0.2, 0) is 16.0 Å². The number of anilines is 1. The van der Waals surface area contributed by atoms with E-state index in [1.54, 1.807) is 37.4 Å². The summed E-state index contributed by atoms with van der Waals surface area (Å²) >= 11 is 1.32. The number of carbonyl (C=O) groups is 2. The summed E-state index contributed by atoms with van der Waals surface area (Å²) in [5, 5.41) is 21.8. The van der Waals surface area contributed by atoms with Crippen molar-refractivity contribution in [2.24, 2.45) is 0 Å². The molecule has 2 N–H and O–H groups in total. The lowest BCUT2D eigenvalue weighted by molar-refractivity contribution is -0.132. The second-order valence-electron chi connectivity index (χ2n) is 9.52. The molecule has 7 nitrogen and oxygen atoms in total. The molecule has 1 atom stereocenters. The highest BCUT2D eigenvalue weighted by Crippen LogP contribution is 2.45. The van der Waals surface area contributed by atoms with Gasteiger partial charge in [-0.25, -0.2) is 4.98 Å². The Morgan fingerprint density at radius 1 is 1.08 bits per heavy atom. The molecule has 1 amide bonds. The summed E-state index contributed by atoms with van der Waals surface area (Å²) in [6.07, 6.45) is 0.863. The molecule has 0 radical (unpaired) electrons. The molecule has 5 rings (SSSR count). The van der Waals surface area contributed by atoms with E-state index in [9.17, 15) is 19.8 Å². The van der Waals surface area contributed by atoms with Gasteiger partial charge in [0.2, 0.25) is 0 Å². The first-order chi connectivity index (χ1) is 18.2. The number of rotatable bonds is 6. The highest BCUT2D eigenvalue weighted by molar-refractivity contribution is 7.22. The van der Waals surface area contributed by atoms with Crippen LogP contribution in [0, 0.1) is 0 Å². The van der Waals surface area contributed by atoms with Gasteiger partial charge in [0.1, 0.15) is 17.3 Å². The summed E-state index contributed by atoms with van der Waals surface area (Å²) in [5.41, 5.74) is 3.68. The number of hydrogen-bond donors (Lipinski definition) is 2. The van der Waals surface area contributed by atoms with Crippen LogP contribution < -0.4 is 9.64 Å². The van der Waals surface area contributed by atoms with E-state index in [0.29, 0.717) is 22.0 Å². The quantitative estimate of drug-likeness (QED) is 0.173. The number of phenolic OH excluding ortho intramolecular Hbond substituents is 1. The molecule has 0 saturated carbocycles. The summed E-state index contributed by atoms with van der Waals surface area (Å²) in [4.78, 5) is 33.0. The number of aliphatic hydroxyl groups excluding tert-OH is 1. The van der Waals surface area contributed by atoms with Crippen molar-refractivity contribution in [1.29, 1.82) is 0 Å². The topological polar surface area (TPSA) is 100.0 Å². The molecule has 1 saturated heterocycles. The van der Waals surface area contributed by atoms with Crippen molar-refractivity contribution in [2.75, 3.05) is 12.0 Å². The van der Waals surface area contributed by atoms with E-state index in [0.717, 1.165) is 27.8 Å². The number of aromatic nitrogens is 1. The molecule has 1 aromatic heterocycles. The number of methoxy groups -OCH3 is 1. The van der Waals surface area contributed by atoms with E-state index < -0.39 is 17.7 Å². The zero-order valence-corrected chi connectivity index (χ0v) is 22.4. The van der Waals surface area contributed by atoms with Crippen LogP contribution in [0.2, 0.25) is 0 Å². The second-order valence-corrected chi connectivity index (χ2v) is 10.5. The van der Waals surface area contributed by atoms with E-state index in [1.165, 1.54) is 28.4 Å². The largest absolute Gasteiger partial charge is 0.508 e. The van der Waals surface area contributed by atoms with Crippen LogP contribution in [0.15, 0.2) is 66.2 Å². The molecule has 3 aromatic carbocycles. The summed E-state index contributed by atoms with van der Waals surface area (Å²) in [5.74, 6) is -1.01. The maximum Gasteiger partial charge on any atom is 0.301 e.